The number of hydrogen-bond acceptors (Lipinski definition) is 7. The number of thioether (sulfide) groups is 1. The van der Waals surface area contributed by atoms with Gasteiger partial charge in [-0.3, -0.25) is 0 Å². The second-order valence-corrected chi connectivity index (χ2v) is 12.8. The molecule has 0 aromatic carbocycles. The van der Waals surface area contributed by atoms with Crippen molar-refractivity contribution < 1.29 is 23.4 Å². The number of halogens is 2. The predicted molar refractivity (Wildman–Crippen MR) is 160 cm³/mol. The first kappa shape index (κ1) is 32.9. The fourth-order valence-corrected chi connectivity index (χ4v) is 5.70. The Kier molecular flexibility index (Phi) is 14.2. The van der Waals surface area contributed by atoms with Gasteiger partial charge in [-0.25, -0.2) is 18.6 Å². The number of anilines is 1. The number of nitrogens with zero attached hydrogens (tertiary/aromatic N) is 2. The van der Waals surface area contributed by atoms with Crippen molar-refractivity contribution in [2.45, 2.75) is 108 Å². The van der Waals surface area contributed by atoms with E-state index in [-0.39, 0.29) is 31.1 Å². The lowest BCUT2D eigenvalue weighted by atomic mass is 10.1. The number of aromatic carboxylic acids is 1. The Labute approximate surface area is 243 Å². The van der Waals surface area contributed by atoms with Crippen LogP contribution in [0.3, 0.4) is 0 Å². The number of alkyl halides is 2. The molecular formula is C30H50F2N4O3S. The summed E-state index contributed by atoms with van der Waals surface area (Å²) in [6.45, 7) is 3.73. The van der Waals surface area contributed by atoms with Crippen LogP contribution in [0, 0.1) is 11.8 Å². The van der Waals surface area contributed by atoms with E-state index in [2.05, 4.69) is 17.2 Å². The van der Waals surface area contributed by atoms with Gasteiger partial charge in [0, 0.05) is 18.8 Å². The molecule has 2 saturated carbocycles. The molecule has 0 amide bonds. The van der Waals surface area contributed by atoms with Crippen LogP contribution in [0.2, 0.25) is 0 Å². The molecule has 4 N–H and O–H groups in total. The van der Waals surface area contributed by atoms with Gasteiger partial charge in [-0.1, -0.05) is 64.7 Å². The molecule has 10 heteroatoms. The molecule has 3 fully saturated rings. The van der Waals surface area contributed by atoms with Crippen molar-refractivity contribution in [3.63, 3.8) is 0 Å². The lowest BCUT2D eigenvalue weighted by Crippen LogP contribution is -2.28. The summed E-state index contributed by atoms with van der Waals surface area (Å²) in [6, 6.07) is 2.82. The molecule has 4 rings (SSSR count). The first-order valence-electron chi connectivity index (χ1n) is 15.4. The number of carboxylic acid groups (broad SMARTS) is 1. The predicted octanol–water partition coefficient (Wildman–Crippen LogP) is 6.91. The van der Waals surface area contributed by atoms with E-state index >= 15 is 0 Å². The molecule has 3 aliphatic rings. The van der Waals surface area contributed by atoms with Gasteiger partial charge in [0.15, 0.2) is 5.69 Å². The van der Waals surface area contributed by atoms with Gasteiger partial charge in [0.2, 0.25) is 5.88 Å². The fourth-order valence-electron chi connectivity index (χ4n) is 4.83. The number of nitrogens with one attached hydrogen (secondary N) is 1. The lowest BCUT2D eigenvalue weighted by molar-refractivity contribution is 0.0256. The van der Waals surface area contributed by atoms with Gasteiger partial charge in [-0.2, -0.15) is 0 Å². The molecule has 1 aromatic rings. The maximum Gasteiger partial charge on any atom is 0.354 e. The van der Waals surface area contributed by atoms with Crippen molar-refractivity contribution in [3.8, 4) is 5.88 Å². The van der Waals surface area contributed by atoms with Crippen LogP contribution in [-0.4, -0.2) is 59.5 Å². The molecule has 1 atom stereocenters. The summed E-state index contributed by atoms with van der Waals surface area (Å²) in [5.41, 5.74) is 5.96. The van der Waals surface area contributed by atoms with E-state index in [1.54, 1.807) is 0 Å². The smallest absolute Gasteiger partial charge is 0.354 e. The van der Waals surface area contributed by atoms with Crippen LogP contribution in [0.4, 0.5) is 14.5 Å². The molecule has 0 unspecified atom stereocenters. The number of aromatic nitrogens is 1. The minimum atomic E-state index is -2.72. The second kappa shape index (κ2) is 17.3. The highest BCUT2D eigenvalue weighted by atomic mass is 32.2. The van der Waals surface area contributed by atoms with E-state index < -0.39 is 11.9 Å². The van der Waals surface area contributed by atoms with Crippen LogP contribution in [0.15, 0.2) is 12.1 Å². The Morgan fingerprint density at radius 1 is 1.15 bits per heavy atom. The first-order chi connectivity index (χ1) is 19.3. The molecule has 2 aliphatic carbocycles. The molecule has 1 aliphatic heterocycles. The van der Waals surface area contributed by atoms with Crippen LogP contribution in [0.25, 0.3) is 0 Å². The molecule has 40 heavy (non-hydrogen) atoms. The van der Waals surface area contributed by atoms with Crippen LogP contribution < -0.4 is 20.7 Å². The SMILES string of the molecule is CCCCCCCCCCN[C@H](CC1CC1)SCN.O=C(O)c1ccc(N2CCC(F)(F)C2)c(OCC2CC2)n1. The number of nitrogens with two attached hydrogens (primary N) is 1. The Morgan fingerprint density at radius 2 is 1.82 bits per heavy atom. The van der Waals surface area contributed by atoms with Gasteiger partial charge in [-0.15, -0.1) is 11.8 Å². The van der Waals surface area contributed by atoms with Gasteiger partial charge in [-0.05, 0) is 56.2 Å². The topological polar surface area (TPSA) is 101 Å². The van der Waals surface area contributed by atoms with Crippen molar-refractivity contribution in [2.75, 3.05) is 37.0 Å². The zero-order valence-electron chi connectivity index (χ0n) is 24.2. The number of carbonyl (C=O) groups is 1. The third-order valence-electron chi connectivity index (χ3n) is 7.67. The number of pyridine rings is 1. The van der Waals surface area contributed by atoms with E-state index in [1.807, 2.05) is 11.8 Å². The molecule has 1 aromatic heterocycles. The fraction of sp³-hybridized carbons (Fsp3) is 0.800. The van der Waals surface area contributed by atoms with Crippen molar-refractivity contribution in [2.24, 2.45) is 17.6 Å². The molecule has 0 radical (unpaired) electrons. The minimum Gasteiger partial charge on any atom is -0.477 e. The van der Waals surface area contributed by atoms with E-state index in [0.717, 1.165) is 24.6 Å². The van der Waals surface area contributed by atoms with E-state index in [9.17, 15) is 13.6 Å². The third kappa shape index (κ3) is 12.9. The molecule has 1 saturated heterocycles. The maximum absolute atomic E-state index is 13.3. The summed E-state index contributed by atoms with van der Waals surface area (Å²) < 4.78 is 32.3. The zero-order chi connectivity index (χ0) is 28.8. The third-order valence-corrected chi connectivity index (χ3v) is 8.62. The Hall–Kier alpha value is -1.65. The van der Waals surface area contributed by atoms with Crippen molar-refractivity contribution in [1.82, 2.24) is 10.3 Å². The summed E-state index contributed by atoms with van der Waals surface area (Å²) in [4.78, 5) is 16.4. The average molecular weight is 585 g/mol. The molecular weight excluding hydrogens is 534 g/mol. The Balaban J connectivity index is 0.000000222. The number of rotatable bonds is 19. The maximum atomic E-state index is 13.3. The van der Waals surface area contributed by atoms with Crippen LogP contribution in [0.5, 0.6) is 5.88 Å². The number of hydrogen-bond donors (Lipinski definition) is 3. The van der Waals surface area contributed by atoms with Crippen LogP contribution in [-0.2, 0) is 0 Å². The monoisotopic (exact) mass is 584 g/mol. The van der Waals surface area contributed by atoms with Gasteiger partial charge in [0.25, 0.3) is 5.92 Å². The van der Waals surface area contributed by atoms with Gasteiger partial charge < -0.3 is 25.8 Å². The van der Waals surface area contributed by atoms with E-state index in [0.29, 0.717) is 23.6 Å². The average Bonchev–Trinajstić information content (AvgIpc) is 3.86. The highest BCUT2D eigenvalue weighted by Gasteiger charge is 2.39. The normalized spacial score (nSPS) is 18.8. The second-order valence-electron chi connectivity index (χ2n) is 11.5. The summed E-state index contributed by atoms with van der Waals surface area (Å²) >= 11 is 1.89. The van der Waals surface area contributed by atoms with Gasteiger partial charge >= 0.3 is 5.97 Å². The number of ether oxygens (including phenoxy) is 1. The van der Waals surface area contributed by atoms with Gasteiger partial charge in [0.1, 0.15) is 5.69 Å². The number of carboxylic acids is 1. The summed E-state index contributed by atoms with van der Waals surface area (Å²) in [5.74, 6) is -1.53. The molecule has 228 valence electrons. The standard InChI is InChI=1S/C16H34N2S.C14H16F2N2O3/c1-2-3-4-5-6-7-8-9-12-18-16(19-14-17)13-15-10-11-15;15-14(16)5-6-18(8-14)11-4-3-10(13(19)20)17-12(11)21-7-9-1-2-9/h15-16,18H,2-14,17H2,1H3;3-4,9H,1-2,5-8H2,(H,19,20)/t16-;/m0./s1. The lowest BCUT2D eigenvalue weighted by Gasteiger charge is -2.21. The van der Waals surface area contributed by atoms with E-state index in [1.165, 1.54) is 94.2 Å². The Morgan fingerprint density at radius 3 is 2.40 bits per heavy atom. The molecule has 2 heterocycles. The summed E-state index contributed by atoms with van der Waals surface area (Å²) in [6.07, 6.45) is 17.4. The largest absolute Gasteiger partial charge is 0.477 e. The minimum absolute atomic E-state index is 0.138. The molecule has 0 spiro atoms. The van der Waals surface area contributed by atoms with Crippen LogP contribution >= 0.6 is 11.8 Å². The van der Waals surface area contributed by atoms with Gasteiger partial charge in [0.05, 0.1) is 18.5 Å². The number of unbranched alkanes of at least 4 members (excludes halogenated alkanes) is 7. The summed E-state index contributed by atoms with van der Waals surface area (Å²) in [7, 11) is 0. The Bertz CT molecular complexity index is 887. The van der Waals surface area contributed by atoms with Crippen molar-refractivity contribution in [1.29, 1.82) is 0 Å². The summed E-state index contributed by atoms with van der Waals surface area (Å²) in [5, 5.41) is 13.3. The zero-order valence-corrected chi connectivity index (χ0v) is 25.0. The molecule has 0 bridgehead atoms. The quantitative estimate of drug-likeness (QED) is 0.119. The molecule has 7 nitrogen and oxygen atoms in total. The van der Waals surface area contributed by atoms with E-state index in [4.69, 9.17) is 15.6 Å². The van der Waals surface area contributed by atoms with Crippen molar-refractivity contribution in [3.05, 3.63) is 17.8 Å². The first-order valence-corrected chi connectivity index (χ1v) is 16.4. The van der Waals surface area contributed by atoms with Crippen LogP contribution in [0.1, 0.15) is 107 Å². The highest BCUT2D eigenvalue weighted by molar-refractivity contribution is 7.99. The van der Waals surface area contributed by atoms with Crippen molar-refractivity contribution >= 4 is 23.4 Å². The highest BCUT2D eigenvalue weighted by Crippen LogP contribution is 2.37.